The Morgan fingerprint density at radius 3 is 2.38 bits per heavy atom. The van der Waals surface area contributed by atoms with Gasteiger partial charge >= 0.3 is 11.8 Å². The summed E-state index contributed by atoms with van der Waals surface area (Å²) in [4.78, 5) is 37.4. The number of hydrogen-bond donors (Lipinski definition) is 3. The van der Waals surface area contributed by atoms with Gasteiger partial charge in [0.05, 0.1) is 11.3 Å². The van der Waals surface area contributed by atoms with Gasteiger partial charge in [-0.15, -0.1) is 0 Å². The molecule has 3 aromatic rings. The van der Waals surface area contributed by atoms with Crippen molar-refractivity contribution in [1.82, 2.24) is 16.0 Å². The van der Waals surface area contributed by atoms with E-state index in [9.17, 15) is 22.8 Å². The Labute approximate surface area is 216 Å². The summed E-state index contributed by atoms with van der Waals surface area (Å²) in [5.74, 6) is -2.06. The summed E-state index contributed by atoms with van der Waals surface area (Å²) >= 11 is 0. The van der Waals surface area contributed by atoms with E-state index < -0.39 is 21.7 Å². The summed E-state index contributed by atoms with van der Waals surface area (Å²) in [6.45, 7) is 1.81. The fourth-order valence-electron chi connectivity index (χ4n) is 4.05. The maximum atomic E-state index is 13.1. The highest BCUT2D eigenvalue weighted by Gasteiger charge is 2.33. The summed E-state index contributed by atoms with van der Waals surface area (Å²) in [7, 11) is -3.27. The molecule has 3 amide bonds. The van der Waals surface area contributed by atoms with Gasteiger partial charge in [0.15, 0.2) is 9.84 Å². The van der Waals surface area contributed by atoms with Gasteiger partial charge < -0.3 is 16.0 Å². The molecule has 9 heteroatoms. The summed E-state index contributed by atoms with van der Waals surface area (Å²) in [5, 5.41) is 10.8. The molecule has 0 unspecified atom stereocenters. The van der Waals surface area contributed by atoms with Crippen molar-refractivity contribution >= 4 is 38.3 Å². The summed E-state index contributed by atoms with van der Waals surface area (Å²) < 4.78 is 23.6. The standard InChI is InChI=1S/C28H29N3O5S/c1-19(23-13-6-10-20-8-2-4-11-24(20)23)31-26(32)25-12-5-3-9-21(25)18-30-28(34)27(33)29-16-7-17-37(35,36)22-14-15-22/h2-13,17,19,22H,14-16,18H2,1H3,(H,29,33)(H,30,34)(H,31,32)/b17-7+/t19-/m1/s1. The van der Waals surface area contributed by atoms with E-state index in [1.54, 1.807) is 24.3 Å². The predicted molar refractivity (Wildman–Crippen MR) is 142 cm³/mol. The summed E-state index contributed by atoms with van der Waals surface area (Å²) in [6, 6.07) is 20.5. The maximum absolute atomic E-state index is 13.1. The Balaban J connectivity index is 1.34. The number of nitrogens with one attached hydrogen (secondary N) is 3. The lowest BCUT2D eigenvalue weighted by atomic mass is 9.99. The number of rotatable bonds is 9. The zero-order valence-electron chi connectivity index (χ0n) is 20.4. The number of carbonyl (C=O) groups excluding carboxylic acids is 3. The molecule has 0 aliphatic heterocycles. The van der Waals surface area contributed by atoms with E-state index in [1.165, 1.54) is 6.08 Å². The molecule has 1 aliphatic carbocycles. The summed E-state index contributed by atoms with van der Waals surface area (Å²) in [6.07, 6.45) is 2.63. The Bertz CT molecular complexity index is 1460. The molecule has 37 heavy (non-hydrogen) atoms. The van der Waals surface area contributed by atoms with Crippen molar-refractivity contribution in [3.63, 3.8) is 0 Å². The molecule has 0 aromatic heterocycles. The van der Waals surface area contributed by atoms with Gasteiger partial charge in [0, 0.05) is 24.1 Å². The van der Waals surface area contributed by atoms with Crippen LogP contribution >= 0.6 is 0 Å². The second-order valence-electron chi connectivity index (χ2n) is 8.97. The van der Waals surface area contributed by atoms with Gasteiger partial charge in [0.2, 0.25) is 0 Å². The topological polar surface area (TPSA) is 121 Å². The van der Waals surface area contributed by atoms with Gasteiger partial charge in [-0.2, -0.15) is 0 Å². The number of amides is 3. The van der Waals surface area contributed by atoms with E-state index >= 15 is 0 Å². The van der Waals surface area contributed by atoms with Crippen LogP contribution in [0.1, 0.15) is 47.3 Å². The van der Waals surface area contributed by atoms with E-state index in [0.29, 0.717) is 24.0 Å². The molecule has 0 bridgehead atoms. The molecule has 3 aromatic carbocycles. The van der Waals surface area contributed by atoms with Crippen molar-refractivity contribution in [2.75, 3.05) is 6.54 Å². The first-order chi connectivity index (χ1) is 17.8. The first-order valence-electron chi connectivity index (χ1n) is 12.1. The minimum Gasteiger partial charge on any atom is -0.345 e. The highest BCUT2D eigenvalue weighted by molar-refractivity contribution is 7.95. The molecule has 0 radical (unpaired) electrons. The quantitative estimate of drug-likeness (QED) is 0.375. The second-order valence-corrected chi connectivity index (χ2v) is 11.1. The van der Waals surface area contributed by atoms with Crippen LogP contribution in [-0.4, -0.2) is 37.9 Å². The van der Waals surface area contributed by atoms with Crippen LogP contribution < -0.4 is 16.0 Å². The molecule has 1 saturated carbocycles. The van der Waals surface area contributed by atoms with E-state index in [2.05, 4.69) is 16.0 Å². The zero-order valence-corrected chi connectivity index (χ0v) is 21.3. The highest BCUT2D eigenvalue weighted by Crippen LogP contribution is 2.29. The third-order valence-electron chi connectivity index (χ3n) is 6.20. The Morgan fingerprint density at radius 1 is 0.919 bits per heavy atom. The van der Waals surface area contributed by atoms with Crippen LogP contribution in [0.2, 0.25) is 0 Å². The van der Waals surface area contributed by atoms with Crippen LogP contribution in [0.5, 0.6) is 0 Å². The molecule has 1 aliphatic rings. The largest absolute Gasteiger partial charge is 0.345 e. The number of fused-ring (bicyclic) bond motifs is 1. The van der Waals surface area contributed by atoms with E-state index in [-0.39, 0.29) is 30.3 Å². The fraction of sp³-hybridized carbons (Fsp3) is 0.250. The van der Waals surface area contributed by atoms with Crippen LogP contribution in [0.25, 0.3) is 10.8 Å². The molecule has 8 nitrogen and oxygen atoms in total. The molecular formula is C28H29N3O5S. The third-order valence-corrected chi connectivity index (χ3v) is 8.17. The molecule has 1 fully saturated rings. The monoisotopic (exact) mass is 519 g/mol. The summed E-state index contributed by atoms with van der Waals surface area (Å²) in [5.41, 5.74) is 1.94. The minimum absolute atomic E-state index is 0.0234. The average Bonchev–Trinajstić information content (AvgIpc) is 3.76. The van der Waals surface area contributed by atoms with E-state index in [1.807, 2.05) is 49.4 Å². The minimum atomic E-state index is -3.27. The predicted octanol–water partition coefficient (Wildman–Crippen LogP) is 3.15. The molecule has 1 atom stereocenters. The lowest BCUT2D eigenvalue weighted by Crippen LogP contribution is -2.40. The van der Waals surface area contributed by atoms with Gasteiger partial charge in [-0.3, -0.25) is 14.4 Å². The van der Waals surface area contributed by atoms with E-state index in [4.69, 9.17) is 0 Å². The van der Waals surface area contributed by atoms with Gasteiger partial charge in [-0.1, -0.05) is 66.7 Å². The molecule has 0 heterocycles. The van der Waals surface area contributed by atoms with Crippen LogP contribution in [0.15, 0.2) is 78.2 Å². The van der Waals surface area contributed by atoms with Crippen LogP contribution in [0.4, 0.5) is 0 Å². The zero-order chi connectivity index (χ0) is 26.4. The van der Waals surface area contributed by atoms with Crippen molar-refractivity contribution < 1.29 is 22.8 Å². The van der Waals surface area contributed by atoms with Gasteiger partial charge in [-0.05, 0) is 47.7 Å². The lowest BCUT2D eigenvalue weighted by Gasteiger charge is -2.18. The Morgan fingerprint density at radius 2 is 1.59 bits per heavy atom. The van der Waals surface area contributed by atoms with E-state index in [0.717, 1.165) is 21.7 Å². The molecule has 3 N–H and O–H groups in total. The van der Waals surface area contributed by atoms with Crippen LogP contribution in [0.3, 0.4) is 0 Å². The highest BCUT2D eigenvalue weighted by atomic mass is 32.2. The Kier molecular flexibility index (Phi) is 8.03. The number of hydrogen-bond acceptors (Lipinski definition) is 5. The molecule has 0 saturated heterocycles. The third kappa shape index (κ3) is 6.62. The lowest BCUT2D eigenvalue weighted by molar-refractivity contribution is -0.139. The number of carbonyl (C=O) groups is 3. The van der Waals surface area contributed by atoms with Crippen molar-refractivity contribution in [2.45, 2.75) is 37.6 Å². The van der Waals surface area contributed by atoms with Crippen molar-refractivity contribution in [3.8, 4) is 0 Å². The first-order valence-corrected chi connectivity index (χ1v) is 13.7. The van der Waals surface area contributed by atoms with Crippen molar-refractivity contribution in [2.24, 2.45) is 0 Å². The molecule has 4 rings (SSSR count). The van der Waals surface area contributed by atoms with Gasteiger partial charge in [0.25, 0.3) is 5.91 Å². The SMILES string of the molecule is C[C@@H](NC(=O)c1ccccc1CNC(=O)C(=O)NC/C=C/S(=O)(=O)C1CC1)c1cccc2ccccc12. The molecule has 0 spiro atoms. The Hall–Kier alpha value is -3.98. The van der Waals surface area contributed by atoms with Crippen LogP contribution in [-0.2, 0) is 26.0 Å². The fourth-order valence-corrected chi connectivity index (χ4v) is 5.43. The first kappa shape index (κ1) is 26.1. The van der Waals surface area contributed by atoms with Crippen LogP contribution in [0, 0.1) is 0 Å². The number of sulfone groups is 1. The van der Waals surface area contributed by atoms with Gasteiger partial charge in [0.1, 0.15) is 0 Å². The average molecular weight is 520 g/mol. The number of benzene rings is 3. The van der Waals surface area contributed by atoms with Crippen molar-refractivity contribution in [3.05, 3.63) is 94.9 Å². The maximum Gasteiger partial charge on any atom is 0.309 e. The smallest absolute Gasteiger partial charge is 0.309 e. The van der Waals surface area contributed by atoms with Crippen molar-refractivity contribution in [1.29, 1.82) is 0 Å². The second kappa shape index (κ2) is 11.4. The normalized spacial score (nSPS) is 14.3. The molecule has 192 valence electrons. The molecular weight excluding hydrogens is 490 g/mol. The van der Waals surface area contributed by atoms with Gasteiger partial charge in [-0.25, -0.2) is 8.42 Å².